The van der Waals surface area contributed by atoms with Crippen molar-refractivity contribution in [1.29, 1.82) is 0 Å². The van der Waals surface area contributed by atoms with E-state index in [0.29, 0.717) is 29.9 Å². The standard InChI is InChI=1S/C28H27N3O5/c32-25(29-22-13-7-14-23(18-22)31-16-8-15-26(31)33)19-36-28(35)24(17-20-9-3-1-4-10-20)30-27(34)21-11-5-2-6-12-21/h1-7,9-14,18,24H,8,15-17,19H2,(H,29,32)(H,30,34). The number of anilines is 2. The fourth-order valence-corrected chi connectivity index (χ4v) is 3.98. The van der Waals surface area contributed by atoms with Gasteiger partial charge >= 0.3 is 5.97 Å². The number of benzene rings is 3. The van der Waals surface area contributed by atoms with Crippen LogP contribution in [-0.2, 0) is 25.5 Å². The normalized spacial score (nSPS) is 13.7. The Hall–Kier alpha value is -4.46. The highest BCUT2D eigenvalue weighted by Crippen LogP contribution is 2.24. The molecule has 4 rings (SSSR count). The molecule has 0 aromatic heterocycles. The summed E-state index contributed by atoms with van der Waals surface area (Å²) in [6, 6.07) is 23.8. The van der Waals surface area contributed by atoms with E-state index in [9.17, 15) is 19.2 Å². The van der Waals surface area contributed by atoms with Crippen LogP contribution in [0.4, 0.5) is 11.4 Å². The topological polar surface area (TPSA) is 105 Å². The molecule has 3 aromatic carbocycles. The Balaban J connectivity index is 1.37. The third kappa shape index (κ3) is 6.56. The van der Waals surface area contributed by atoms with E-state index in [0.717, 1.165) is 12.0 Å². The maximum atomic E-state index is 12.9. The van der Waals surface area contributed by atoms with Gasteiger partial charge in [0.15, 0.2) is 6.61 Å². The molecule has 36 heavy (non-hydrogen) atoms. The molecule has 8 heteroatoms. The number of hydrogen-bond donors (Lipinski definition) is 2. The van der Waals surface area contributed by atoms with Crippen LogP contribution in [0.3, 0.4) is 0 Å². The zero-order valence-electron chi connectivity index (χ0n) is 19.7. The molecule has 0 saturated carbocycles. The molecule has 1 atom stereocenters. The second-order valence-electron chi connectivity index (χ2n) is 8.44. The minimum Gasteiger partial charge on any atom is -0.454 e. The first-order valence-corrected chi connectivity index (χ1v) is 11.8. The highest BCUT2D eigenvalue weighted by atomic mass is 16.5. The van der Waals surface area contributed by atoms with Crippen LogP contribution in [0.1, 0.15) is 28.8 Å². The molecule has 8 nitrogen and oxygen atoms in total. The second kappa shape index (κ2) is 11.8. The lowest BCUT2D eigenvalue weighted by Crippen LogP contribution is -2.44. The lowest BCUT2D eigenvalue weighted by Gasteiger charge is -2.18. The molecule has 0 aliphatic carbocycles. The largest absolute Gasteiger partial charge is 0.454 e. The van der Waals surface area contributed by atoms with E-state index in [2.05, 4.69) is 10.6 Å². The van der Waals surface area contributed by atoms with Crippen molar-refractivity contribution >= 4 is 35.1 Å². The van der Waals surface area contributed by atoms with Crippen LogP contribution >= 0.6 is 0 Å². The number of nitrogens with one attached hydrogen (secondary N) is 2. The number of ether oxygens (including phenoxy) is 1. The summed E-state index contributed by atoms with van der Waals surface area (Å²) in [6.45, 7) is 0.129. The molecule has 1 fully saturated rings. The molecular formula is C28H27N3O5. The van der Waals surface area contributed by atoms with Gasteiger partial charge in [-0.1, -0.05) is 54.6 Å². The second-order valence-corrected chi connectivity index (χ2v) is 8.44. The van der Waals surface area contributed by atoms with Crippen LogP contribution in [-0.4, -0.2) is 42.9 Å². The van der Waals surface area contributed by atoms with E-state index in [1.807, 2.05) is 36.4 Å². The summed E-state index contributed by atoms with van der Waals surface area (Å²) in [5.41, 5.74) is 2.45. The van der Waals surface area contributed by atoms with Crippen molar-refractivity contribution in [2.24, 2.45) is 0 Å². The smallest absolute Gasteiger partial charge is 0.329 e. The molecule has 1 saturated heterocycles. The summed E-state index contributed by atoms with van der Waals surface area (Å²) in [6.07, 6.45) is 1.53. The molecule has 1 heterocycles. The van der Waals surface area contributed by atoms with Crippen LogP contribution in [0.2, 0.25) is 0 Å². The van der Waals surface area contributed by atoms with Crippen LogP contribution in [0.15, 0.2) is 84.9 Å². The van der Waals surface area contributed by atoms with Crippen LogP contribution in [0.5, 0.6) is 0 Å². The summed E-state index contributed by atoms with van der Waals surface area (Å²) in [5.74, 6) is -1.60. The highest BCUT2D eigenvalue weighted by molar-refractivity contribution is 5.98. The lowest BCUT2D eigenvalue weighted by atomic mass is 10.1. The van der Waals surface area contributed by atoms with E-state index >= 15 is 0 Å². The van der Waals surface area contributed by atoms with Crippen molar-refractivity contribution in [3.8, 4) is 0 Å². The third-order valence-electron chi connectivity index (χ3n) is 5.77. The molecule has 3 amide bonds. The minimum absolute atomic E-state index is 0.0504. The monoisotopic (exact) mass is 485 g/mol. The first-order chi connectivity index (χ1) is 17.5. The van der Waals surface area contributed by atoms with Gasteiger partial charge in [0, 0.05) is 36.3 Å². The number of nitrogens with zero attached hydrogens (tertiary/aromatic N) is 1. The predicted molar refractivity (Wildman–Crippen MR) is 135 cm³/mol. The minimum atomic E-state index is -0.975. The van der Waals surface area contributed by atoms with Crippen molar-refractivity contribution < 1.29 is 23.9 Å². The summed E-state index contributed by atoms with van der Waals surface area (Å²) in [5, 5.41) is 5.40. The fourth-order valence-electron chi connectivity index (χ4n) is 3.98. The highest BCUT2D eigenvalue weighted by Gasteiger charge is 2.25. The van der Waals surface area contributed by atoms with Gasteiger partial charge < -0.3 is 20.3 Å². The number of amides is 3. The zero-order valence-corrected chi connectivity index (χ0v) is 19.7. The third-order valence-corrected chi connectivity index (χ3v) is 5.77. The average molecular weight is 486 g/mol. The number of esters is 1. The van der Waals surface area contributed by atoms with Crippen molar-refractivity contribution in [2.75, 3.05) is 23.4 Å². The number of carbonyl (C=O) groups is 4. The van der Waals surface area contributed by atoms with Crippen molar-refractivity contribution in [3.63, 3.8) is 0 Å². The molecule has 1 aliphatic heterocycles. The van der Waals surface area contributed by atoms with Gasteiger partial charge in [0.05, 0.1) is 0 Å². The van der Waals surface area contributed by atoms with E-state index in [4.69, 9.17) is 4.74 Å². The quantitative estimate of drug-likeness (QED) is 0.453. The summed E-state index contributed by atoms with van der Waals surface area (Å²) in [4.78, 5) is 51.7. The van der Waals surface area contributed by atoms with Crippen molar-refractivity contribution in [3.05, 3.63) is 96.1 Å². The molecule has 1 unspecified atom stereocenters. The number of hydrogen-bond acceptors (Lipinski definition) is 5. The molecule has 184 valence electrons. The van der Waals surface area contributed by atoms with Gasteiger partial charge in [0.2, 0.25) is 5.91 Å². The predicted octanol–water partition coefficient (Wildman–Crippen LogP) is 3.34. The Kier molecular flexibility index (Phi) is 8.08. The average Bonchev–Trinajstić information content (AvgIpc) is 3.34. The van der Waals surface area contributed by atoms with E-state index in [1.54, 1.807) is 53.4 Å². The molecule has 0 spiro atoms. The van der Waals surface area contributed by atoms with E-state index < -0.39 is 30.4 Å². The van der Waals surface area contributed by atoms with Crippen molar-refractivity contribution in [2.45, 2.75) is 25.3 Å². The van der Waals surface area contributed by atoms with Gasteiger partial charge in [-0.15, -0.1) is 0 Å². The van der Waals surface area contributed by atoms with E-state index in [1.165, 1.54) is 0 Å². The van der Waals surface area contributed by atoms with Gasteiger partial charge in [0.1, 0.15) is 6.04 Å². The summed E-state index contributed by atoms with van der Waals surface area (Å²) < 4.78 is 5.26. The van der Waals surface area contributed by atoms with E-state index in [-0.39, 0.29) is 12.3 Å². The number of carbonyl (C=O) groups excluding carboxylic acids is 4. The van der Waals surface area contributed by atoms with Crippen LogP contribution in [0, 0.1) is 0 Å². The SMILES string of the molecule is O=C(COC(=O)C(Cc1ccccc1)NC(=O)c1ccccc1)Nc1cccc(N2CCCC2=O)c1. The molecule has 0 bridgehead atoms. The molecular weight excluding hydrogens is 458 g/mol. The molecule has 2 N–H and O–H groups in total. The first-order valence-electron chi connectivity index (χ1n) is 11.8. The van der Waals surface area contributed by atoms with Gasteiger partial charge in [-0.3, -0.25) is 14.4 Å². The maximum Gasteiger partial charge on any atom is 0.329 e. The fraction of sp³-hybridized carbons (Fsp3) is 0.214. The Morgan fingerprint density at radius 3 is 2.33 bits per heavy atom. The van der Waals surface area contributed by atoms with Crippen LogP contribution in [0.25, 0.3) is 0 Å². The molecule has 0 radical (unpaired) electrons. The van der Waals surface area contributed by atoms with Gasteiger partial charge in [-0.25, -0.2) is 4.79 Å². The first kappa shape index (κ1) is 24.7. The van der Waals surface area contributed by atoms with Gasteiger partial charge in [-0.05, 0) is 42.3 Å². The Labute approximate surface area is 209 Å². The van der Waals surface area contributed by atoms with Gasteiger partial charge in [-0.2, -0.15) is 0 Å². The zero-order chi connectivity index (χ0) is 25.3. The summed E-state index contributed by atoms with van der Waals surface area (Å²) in [7, 11) is 0. The Morgan fingerprint density at radius 1 is 0.917 bits per heavy atom. The van der Waals surface area contributed by atoms with Gasteiger partial charge in [0.25, 0.3) is 11.8 Å². The van der Waals surface area contributed by atoms with Crippen molar-refractivity contribution in [1.82, 2.24) is 5.32 Å². The Bertz CT molecular complexity index is 1230. The summed E-state index contributed by atoms with van der Waals surface area (Å²) >= 11 is 0. The maximum absolute atomic E-state index is 12.9. The molecule has 3 aromatic rings. The number of rotatable bonds is 9. The lowest BCUT2D eigenvalue weighted by molar-refractivity contribution is -0.149. The Morgan fingerprint density at radius 2 is 1.64 bits per heavy atom. The molecule has 1 aliphatic rings. The van der Waals surface area contributed by atoms with Crippen LogP contribution < -0.4 is 15.5 Å².